The third-order valence-electron chi connectivity index (χ3n) is 3.41. The standard InChI is InChI=1S/C13H28N2/c1-10(2)8-13-9-15(11(3)4)12(5)6-7-14-13/h10-14H,6-9H2,1-5H3. The summed E-state index contributed by atoms with van der Waals surface area (Å²) in [6.07, 6.45) is 2.59. The van der Waals surface area contributed by atoms with Crippen LogP contribution in [-0.2, 0) is 0 Å². The number of hydrogen-bond donors (Lipinski definition) is 1. The first-order valence-electron chi connectivity index (χ1n) is 6.49. The molecule has 1 heterocycles. The Morgan fingerprint density at radius 3 is 2.47 bits per heavy atom. The predicted octanol–water partition coefficient (Wildman–Crippen LogP) is 2.49. The van der Waals surface area contributed by atoms with Crippen LogP contribution in [0.4, 0.5) is 0 Å². The van der Waals surface area contributed by atoms with E-state index in [1.54, 1.807) is 0 Å². The zero-order valence-electron chi connectivity index (χ0n) is 11.1. The lowest BCUT2D eigenvalue weighted by molar-refractivity contribution is 0.156. The highest BCUT2D eigenvalue weighted by atomic mass is 15.2. The fourth-order valence-electron chi connectivity index (χ4n) is 2.61. The molecule has 0 bridgehead atoms. The molecule has 1 aliphatic heterocycles. The van der Waals surface area contributed by atoms with E-state index in [-0.39, 0.29) is 0 Å². The van der Waals surface area contributed by atoms with Gasteiger partial charge in [-0.2, -0.15) is 0 Å². The van der Waals surface area contributed by atoms with Crippen molar-refractivity contribution in [1.29, 1.82) is 0 Å². The second-order valence-electron chi connectivity index (χ2n) is 5.71. The molecule has 1 rings (SSSR count). The number of nitrogens with zero attached hydrogens (tertiary/aromatic N) is 1. The topological polar surface area (TPSA) is 15.3 Å². The van der Waals surface area contributed by atoms with Crippen LogP contribution in [0.2, 0.25) is 0 Å². The fraction of sp³-hybridized carbons (Fsp3) is 1.00. The average Bonchev–Trinajstić information content (AvgIpc) is 2.27. The maximum Gasteiger partial charge on any atom is 0.0197 e. The smallest absolute Gasteiger partial charge is 0.0197 e. The van der Waals surface area contributed by atoms with Crippen LogP contribution in [-0.4, -0.2) is 36.1 Å². The van der Waals surface area contributed by atoms with Crippen LogP contribution in [0.1, 0.15) is 47.5 Å². The summed E-state index contributed by atoms with van der Waals surface area (Å²) in [4.78, 5) is 2.65. The first kappa shape index (κ1) is 13.0. The molecular weight excluding hydrogens is 184 g/mol. The van der Waals surface area contributed by atoms with Gasteiger partial charge in [-0.15, -0.1) is 0 Å². The lowest BCUT2D eigenvalue weighted by Crippen LogP contribution is -2.44. The van der Waals surface area contributed by atoms with Crippen molar-refractivity contribution in [3.8, 4) is 0 Å². The van der Waals surface area contributed by atoms with E-state index < -0.39 is 0 Å². The largest absolute Gasteiger partial charge is 0.313 e. The van der Waals surface area contributed by atoms with Gasteiger partial charge in [-0.3, -0.25) is 4.90 Å². The monoisotopic (exact) mass is 212 g/mol. The minimum atomic E-state index is 0.676. The first-order chi connectivity index (χ1) is 7.00. The summed E-state index contributed by atoms with van der Waals surface area (Å²) in [5.41, 5.74) is 0. The number of rotatable bonds is 3. The Kier molecular flexibility index (Phi) is 5.07. The van der Waals surface area contributed by atoms with Crippen molar-refractivity contribution in [2.45, 2.75) is 65.6 Å². The van der Waals surface area contributed by atoms with Gasteiger partial charge in [0.1, 0.15) is 0 Å². The third-order valence-corrected chi connectivity index (χ3v) is 3.41. The molecule has 1 N–H and O–H groups in total. The lowest BCUT2D eigenvalue weighted by Gasteiger charge is -2.33. The van der Waals surface area contributed by atoms with E-state index >= 15 is 0 Å². The number of nitrogens with one attached hydrogen (secondary N) is 1. The summed E-state index contributed by atoms with van der Waals surface area (Å²) >= 11 is 0. The molecule has 0 aromatic carbocycles. The van der Waals surface area contributed by atoms with Gasteiger partial charge in [-0.25, -0.2) is 0 Å². The number of hydrogen-bond acceptors (Lipinski definition) is 2. The molecule has 2 unspecified atom stereocenters. The summed E-state index contributed by atoms with van der Waals surface area (Å²) < 4.78 is 0. The van der Waals surface area contributed by atoms with Crippen LogP contribution in [0.15, 0.2) is 0 Å². The Morgan fingerprint density at radius 2 is 1.93 bits per heavy atom. The van der Waals surface area contributed by atoms with Gasteiger partial charge >= 0.3 is 0 Å². The SMILES string of the molecule is CC(C)CC1CN(C(C)C)C(C)CCN1. The third kappa shape index (κ3) is 4.12. The summed E-state index contributed by atoms with van der Waals surface area (Å²) in [6, 6.07) is 2.10. The van der Waals surface area contributed by atoms with E-state index in [1.807, 2.05) is 0 Å². The molecule has 0 aromatic heterocycles. The molecule has 2 atom stereocenters. The molecule has 15 heavy (non-hydrogen) atoms. The maximum atomic E-state index is 3.69. The first-order valence-corrected chi connectivity index (χ1v) is 6.49. The van der Waals surface area contributed by atoms with Gasteiger partial charge in [-0.1, -0.05) is 13.8 Å². The predicted molar refractivity (Wildman–Crippen MR) is 67.2 cm³/mol. The molecule has 0 saturated carbocycles. The van der Waals surface area contributed by atoms with Gasteiger partial charge < -0.3 is 5.32 Å². The van der Waals surface area contributed by atoms with Crippen molar-refractivity contribution in [3.63, 3.8) is 0 Å². The van der Waals surface area contributed by atoms with E-state index in [2.05, 4.69) is 44.8 Å². The molecule has 1 fully saturated rings. The van der Waals surface area contributed by atoms with Gasteiger partial charge in [0.15, 0.2) is 0 Å². The maximum absolute atomic E-state index is 3.69. The molecule has 1 saturated heterocycles. The van der Waals surface area contributed by atoms with E-state index in [1.165, 1.54) is 25.9 Å². The Morgan fingerprint density at radius 1 is 1.27 bits per heavy atom. The highest BCUT2D eigenvalue weighted by molar-refractivity contribution is 4.83. The van der Waals surface area contributed by atoms with E-state index in [0.717, 1.165) is 12.0 Å². The van der Waals surface area contributed by atoms with E-state index in [0.29, 0.717) is 12.1 Å². The van der Waals surface area contributed by atoms with Crippen molar-refractivity contribution >= 4 is 0 Å². The van der Waals surface area contributed by atoms with Crippen LogP contribution in [0.5, 0.6) is 0 Å². The molecule has 90 valence electrons. The summed E-state index contributed by atoms with van der Waals surface area (Å²) in [5.74, 6) is 0.796. The minimum Gasteiger partial charge on any atom is -0.313 e. The molecule has 0 spiro atoms. The van der Waals surface area contributed by atoms with Crippen LogP contribution < -0.4 is 5.32 Å². The van der Waals surface area contributed by atoms with Gasteiger partial charge in [0.2, 0.25) is 0 Å². The second-order valence-corrected chi connectivity index (χ2v) is 5.71. The molecule has 2 heteroatoms. The quantitative estimate of drug-likeness (QED) is 0.773. The van der Waals surface area contributed by atoms with Crippen LogP contribution >= 0.6 is 0 Å². The van der Waals surface area contributed by atoms with Gasteiger partial charge in [0, 0.05) is 24.7 Å². The second kappa shape index (κ2) is 5.86. The summed E-state index contributed by atoms with van der Waals surface area (Å²) in [5, 5.41) is 3.69. The Balaban J connectivity index is 2.55. The molecule has 0 amide bonds. The molecule has 2 nitrogen and oxygen atoms in total. The Bertz CT molecular complexity index is 177. The van der Waals surface area contributed by atoms with Crippen molar-refractivity contribution in [2.75, 3.05) is 13.1 Å². The highest BCUT2D eigenvalue weighted by Crippen LogP contribution is 2.16. The van der Waals surface area contributed by atoms with Crippen molar-refractivity contribution in [2.24, 2.45) is 5.92 Å². The molecule has 1 aliphatic rings. The normalized spacial score (nSPS) is 29.8. The Labute approximate surface area is 95.4 Å². The molecule has 0 aromatic rings. The van der Waals surface area contributed by atoms with E-state index in [4.69, 9.17) is 0 Å². The average molecular weight is 212 g/mol. The van der Waals surface area contributed by atoms with Crippen LogP contribution in [0.25, 0.3) is 0 Å². The molecule has 0 radical (unpaired) electrons. The zero-order valence-corrected chi connectivity index (χ0v) is 11.1. The fourth-order valence-corrected chi connectivity index (χ4v) is 2.61. The van der Waals surface area contributed by atoms with Crippen LogP contribution in [0.3, 0.4) is 0 Å². The van der Waals surface area contributed by atoms with Crippen molar-refractivity contribution in [1.82, 2.24) is 10.2 Å². The lowest BCUT2D eigenvalue weighted by atomic mass is 10.0. The highest BCUT2D eigenvalue weighted by Gasteiger charge is 2.24. The van der Waals surface area contributed by atoms with Gasteiger partial charge in [-0.05, 0) is 46.1 Å². The van der Waals surface area contributed by atoms with Gasteiger partial charge in [0.05, 0.1) is 0 Å². The van der Waals surface area contributed by atoms with E-state index in [9.17, 15) is 0 Å². The van der Waals surface area contributed by atoms with Gasteiger partial charge in [0.25, 0.3) is 0 Å². The minimum absolute atomic E-state index is 0.676. The summed E-state index contributed by atoms with van der Waals surface area (Å²) in [6.45, 7) is 14.0. The van der Waals surface area contributed by atoms with Crippen molar-refractivity contribution < 1.29 is 0 Å². The summed E-state index contributed by atoms with van der Waals surface area (Å²) in [7, 11) is 0. The van der Waals surface area contributed by atoms with Crippen molar-refractivity contribution in [3.05, 3.63) is 0 Å². The zero-order chi connectivity index (χ0) is 11.4. The molecular formula is C13H28N2. The molecule has 0 aliphatic carbocycles. The van der Waals surface area contributed by atoms with Crippen LogP contribution in [0, 0.1) is 5.92 Å². The Hall–Kier alpha value is -0.0800.